The summed E-state index contributed by atoms with van der Waals surface area (Å²) in [4.78, 5) is 0. The van der Waals surface area contributed by atoms with Crippen molar-refractivity contribution in [3.63, 3.8) is 0 Å². The maximum Gasteiger partial charge on any atom is 0.193 e. The summed E-state index contributed by atoms with van der Waals surface area (Å²) in [7, 11) is 0. The first-order valence-corrected chi connectivity index (χ1v) is 5.94. The van der Waals surface area contributed by atoms with Gasteiger partial charge in [-0.15, -0.1) is 0 Å². The zero-order valence-electron chi connectivity index (χ0n) is 7.78. The number of halogens is 1. The second-order valence-electron chi connectivity index (χ2n) is 2.99. The molecular weight excluding hydrogens is 222 g/mol. The first kappa shape index (κ1) is 11.9. The maximum absolute atomic E-state index is 8.63. The Bertz CT molecular complexity index is 267. The van der Waals surface area contributed by atoms with Crippen molar-refractivity contribution in [3.8, 4) is 0 Å². The Labute approximate surface area is 92.6 Å². The van der Waals surface area contributed by atoms with Crippen molar-refractivity contribution in [2.75, 3.05) is 12.4 Å². The maximum atomic E-state index is 8.63. The number of thioether (sulfide) groups is 1. The smallest absolute Gasteiger partial charge is 0.193 e. The lowest BCUT2D eigenvalue weighted by atomic mass is 10.3. The Hall–Kier alpha value is -0.160. The fourth-order valence-corrected chi connectivity index (χ4v) is 2.10. The van der Waals surface area contributed by atoms with E-state index in [9.17, 15) is 0 Å². The van der Waals surface area contributed by atoms with Gasteiger partial charge in [0.15, 0.2) is 5.22 Å². The molecule has 0 aromatic carbocycles. The second-order valence-corrected chi connectivity index (χ2v) is 4.40. The first-order chi connectivity index (χ1) is 6.72. The average Bonchev–Trinajstić information content (AvgIpc) is 2.52. The van der Waals surface area contributed by atoms with E-state index in [4.69, 9.17) is 26.9 Å². The van der Waals surface area contributed by atoms with Crippen LogP contribution in [-0.4, -0.2) is 23.5 Å². The van der Waals surface area contributed by atoms with E-state index < -0.39 is 0 Å². The molecule has 1 aromatic heterocycles. The van der Waals surface area contributed by atoms with Crippen LogP contribution in [-0.2, 0) is 5.75 Å². The molecule has 0 radical (unpaired) electrons. The predicted molar refractivity (Wildman–Crippen MR) is 59.6 cm³/mol. The van der Waals surface area contributed by atoms with Gasteiger partial charge in [0.05, 0.1) is 5.75 Å². The van der Waals surface area contributed by atoms with E-state index in [0.29, 0.717) is 11.6 Å². The van der Waals surface area contributed by atoms with Crippen molar-refractivity contribution >= 4 is 23.4 Å². The number of hydrogen-bond donors (Lipinski definition) is 2. The molecule has 14 heavy (non-hydrogen) atoms. The van der Waals surface area contributed by atoms with E-state index in [-0.39, 0.29) is 12.6 Å². The van der Waals surface area contributed by atoms with E-state index in [2.05, 4.69) is 0 Å². The Kier molecular flexibility index (Phi) is 5.40. The lowest BCUT2D eigenvalue weighted by molar-refractivity contribution is 0.279. The van der Waals surface area contributed by atoms with Crippen molar-refractivity contribution < 1.29 is 9.52 Å². The van der Waals surface area contributed by atoms with Crippen molar-refractivity contribution in [2.45, 2.75) is 18.2 Å². The average molecular weight is 236 g/mol. The van der Waals surface area contributed by atoms with E-state index in [1.54, 1.807) is 17.8 Å². The molecule has 1 unspecified atom stereocenters. The highest BCUT2D eigenvalue weighted by molar-refractivity contribution is 7.98. The fourth-order valence-electron chi connectivity index (χ4n) is 0.989. The molecule has 0 aliphatic carbocycles. The summed E-state index contributed by atoms with van der Waals surface area (Å²) in [6.07, 6.45) is 0.645. The number of nitrogens with two attached hydrogens (primary N) is 1. The van der Waals surface area contributed by atoms with E-state index >= 15 is 0 Å². The van der Waals surface area contributed by atoms with E-state index in [0.717, 1.165) is 17.3 Å². The third kappa shape index (κ3) is 4.37. The van der Waals surface area contributed by atoms with Crippen molar-refractivity contribution in [1.82, 2.24) is 0 Å². The highest BCUT2D eigenvalue weighted by atomic mass is 35.5. The Morgan fingerprint density at radius 1 is 1.57 bits per heavy atom. The summed E-state index contributed by atoms with van der Waals surface area (Å²) in [5.74, 6) is 2.45. The minimum atomic E-state index is 0.0513. The summed E-state index contributed by atoms with van der Waals surface area (Å²) >= 11 is 7.30. The molecule has 0 aliphatic heterocycles. The highest BCUT2D eigenvalue weighted by Crippen LogP contribution is 2.18. The molecule has 1 atom stereocenters. The molecule has 5 heteroatoms. The van der Waals surface area contributed by atoms with E-state index in [1.165, 1.54) is 0 Å². The molecule has 0 fully saturated rings. The number of aliphatic hydroxyl groups excluding tert-OH is 1. The van der Waals surface area contributed by atoms with Crippen LogP contribution in [0.3, 0.4) is 0 Å². The normalized spacial score (nSPS) is 13.1. The molecule has 80 valence electrons. The van der Waals surface area contributed by atoms with Gasteiger partial charge in [0.25, 0.3) is 0 Å². The van der Waals surface area contributed by atoms with Crippen LogP contribution in [0.2, 0.25) is 5.22 Å². The lowest BCUT2D eigenvalue weighted by Crippen LogP contribution is -2.23. The zero-order valence-corrected chi connectivity index (χ0v) is 9.35. The predicted octanol–water partition coefficient (Wildman–Crippen LogP) is 1.88. The molecule has 0 saturated heterocycles. The highest BCUT2D eigenvalue weighted by Gasteiger charge is 2.04. The number of aliphatic hydroxyl groups is 1. The Morgan fingerprint density at radius 2 is 2.36 bits per heavy atom. The van der Waals surface area contributed by atoms with Gasteiger partial charge in [-0.25, -0.2) is 0 Å². The van der Waals surface area contributed by atoms with Gasteiger partial charge in [-0.1, -0.05) is 0 Å². The van der Waals surface area contributed by atoms with Crippen LogP contribution in [0.15, 0.2) is 16.5 Å². The van der Waals surface area contributed by atoms with Gasteiger partial charge in [-0.2, -0.15) is 11.8 Å². The van der Waals surface area contributed by atoms with Gasteiger partial charge in [0.1, 0.15) is 5.76 Å². The summed E-state index contributed by atoms with van der Waals surface area (Å²) in [5.41, 5.74) is 5.72. The van der Waals surface area contributed by atoms with Crippen LogP contribution in [0.1, 0.15) is 12.2 Å². The molecule has 3 nitrogen and oxygen atoms in total. The Balaban J connectivity index is 2.15. The lowest BCUT2D eigenvalue weighted by Gasteiger charge is -2.07. The van der Waals surface area contributed by atoms with Crippen LogP contribution in [0.4, 0.5) is 0 Å². The number of hydrogen-bond acceptors (Lipinski definition) is 4. The van der Waals surface area contributed by atoms with Crippen LogP contribution in [0, 0.1) is 0 Å². The van der Waals surface area contributed by atoms with Gasteiger partial charge in [0.2, 0.25) is 0 Å². The van der Waals surface area contributed by atoms with Crippen LogP contribution in [0.25, 0.3) is 0 Å². The number of rotatable bonds is 6. The molecule has 0 bridgehead atoms. The largest absolute Gasteiger partial charge is 0.449 e. The fraction of sp³-hybridized carbons (Fsp3) is 0.556. The van der Waals surface area contributed by atoms with Crippen molar-refractivity contribution in [2.24, 2.45) is 5.73 Å². The van der Waals surface area contributed by atoms with Crippen LogP contribution >= 0.6 is 23.4 Å². The Morgan fingerprint density at radius 3 is 2.93 bits per heavy atom. The summed E-state index contributed by atoms with van der Waals surface area (Å²) < 4.78 is 5.18. The third-order valence-corrected chi connectivity index (χ3v) is 3.06. The van der Waals surface area contributed by atoms with Crippen LogP contribution in [0.5, 0.6) is 0 Å². The van der Waals surface area contributed by atoms with Gasteiger partial charge < -0.3 is 15.3 Å². The van der Waals surface area contributed by atoms with Gasteiger partial charge >= 0.3 is 0 Å². The first-order valence-electron chi connectivity index (χ1n) is 4.40. The SMILES string of the molecule is NC(CCO)CSCc1ccc(Cl)o1. The summed E-state index contributed by atoms with van der Waals surface area (Å²) in [6.45, 7) is 0.147. The van der Waals surface area contributed by atoms with E-state index in [1.807, 2.05) is 6.07 Å². The zero-order chi connectivity index (χ0) is 10.4. The molecule has 0 saturated carbocycles. The molecule has 3 N–H and O–H groups in total. The van der Waals surface area contributed by atoms with Crippen LogP contribution < -0.4 is 5.73 Å². The molecule has 1 heterocycles. The molecule has 0 aliphatic rings. The third-order valence-electron chi connectivity index (χ3n) is 1.70. The molecular formula is C9H14ClNO2S. The standard InChI is InChI=1S/C9H14ClNO2S/c10-9-2-1-8(13-9)6-14-5-7(11)3-4-12/h1-2,7,12H,3-6,11H2. The van der Waals surface area contributed by atoms with Crippen molar-refractivity contribution in [3.05, 3.63) is 23.1 Å². The van der Waals surface area contributed by atoms with Crippen molar-refractivity contribution in [1.29, 1.82) is 0 Å². The number of furan rings is 1. The molecule has 1 aromatic rings. The van der Waals surface area contributed by atoms with Gasteiger partial charge in [-0.05, 0) is 30.2 Å². The minimum Gasteiger partial charge on any atom is -0.449 e. The topological polar surface area (TPSA) is 59.4 Å². The summed E-state index contributed by atoms with van der Waals surface area (Å²) in [5, 5.41) is 9.05. The minimum absolute atomic E-state index is 0.0513. The summed E-state index contributed by atoms with van der Waals surface area (Å²) in [6, 6.07) is 3.63. The van der Waals surface area contributed by atoms with Gasteiger partial charge in [0, 0.05) is 18.4 Å². The quantitative estimate of drug-likeness (QED) is 0.791. The second kappa shape index (κ2) is 6.35. The van der Waals surface area contributed by atoms with Gasteiger partial charge in [-0.3, -0.25) is 0 Å². The molecule has 0 spiro atoms. The molecule has 1 rings (SSSR count). The monoisotopic (exact) mass is 235 g/mol. The molecule has 0 amide bonds.